The molecule has 2 nitrogen and oxygen atoms in total. The molecule has 3 heteroatoms. The molecule has 0 saturated heterocycles. The van der Waals surface area contributed by atoms with E-state index in [4.69, 9.17) is 11.6 Å². The standard InChI is InChI=1S/C14H18ClNO/c1-9-5-10(2)7-12(6-9)14(17)11-3-4-16-13(15)8-11/h3-4,8-10,12H,5-7H2,1-2H3. The first-order chi connectivity index (χ1) is 8.06. The molecule has 0 aliphatic heterocycles. The van der Waals surface area contributed by atoms with Gasteiger partial charge in [0.05, 0.1) is 0 Å². The van der Waals surface area contributed by atoms with Crippen molar-refractivity contribution in [3.05, 3.63) is 29.0 Å². The van der Waals surface area contributed by atoms with Gasteiger partial charge in [-0.3, -0.25) is 4.79 Å². The van der Waals surface area contributed by atoms with Crippen LogP contribution in [0.15, 0.2) is 18.3 Å². The molecule has 0 spiro atoms. The van der Waals surface area contributed by atoms with Crippen molar-refractivity contribution in [1.82, 2.24) is 4.98 Å². The predicted octanol–water partition coefficient (Wildman–Crippen LogP) is 3.99. The zero-order chi connectivity index (χ0) is 12.4. The molecule has 0 aromatic carbocycles. The van der Waals surface area contributed by atoms with Crippen LogP contribution in [0.3, 0.4) is 0 Å². The lowest BCUT2D eigenvalue weighted by Gasteiger charge is -2.30. The summed E-state index contributed by atoms with van der Waals surface area (Å²) in [7, 11) is 0. The number of hydrogen-bond acceptors (Lipinski definition) is 2. The molecule has 0 amide bonds. The highest BCUT2D eigenvalue weighted by molar-refractivity contribution is 6.29. The third-order valence-corrected chi connectivity index (χ3v) is 3.77. The molecule has 2 unspecified atom stereocenters. The number of aromatic nitrogens is 1. The lowest BCUT2D eigenvalue weighted by molar-refractivity contribution is 0.0836. The SMILES string of the molecule is CC1CC(C)CC(C(=O)c2ccnc(Cl)c2)C1. The Balaban J connectivity index is 2.14. The van der Waals surface area contributed by atoms with E-state index in [2.05, 4.69) is 18.8 Å². The number of ketones is 1. The van der Waals surface area contributed by atoms with E-state index in [9.17, 15) is 4.79 Å². The average molecular weight is 252 g/mol. The van der Waals surface area contributed by atoms with Crippen molar-refractivity contribution in [1.29, 1.82) is 0 Å². The van der Waals surface area contributed by atoms with Gasteiger partial charge in [-0.2, -0.15) is 0 Å². The number of carbonyl (C=O) groups is 1. The van der Waals surface area contributed by atoms with Crippen molar-refractivity contribution >= 4 is 17.4 Å². The maximum absolute atomic E-state index is 12.4. The summed E-state index contributed by atoms with van der Waals surface area (Å²) in [5, 5.41) is 0.396. The van der Waals surface area contributed by atoms with Gasteiger partial charge in [0, 0.05) is 17.7 Å². The van der Waals surface area contributed by atoms with Crippen molar-refractivity contribution in [3.8, 4) is 0 Å². The van der Waals surface area contributed by atoms with Crippen LogP contribution in [0.4, 0.5) is 0 Å². The third kappa shape index (κ3) is 3.06. The van der Waals surface area contributed by atoms with Gasteiger partial charge in [-0.25, -0.2) is 4.98 Å². The molecule has 1 saturated carbocycles. The highest BCUT2D eigenvalue weighted by atomic mass is 35.5. The van der Waals surface area contributed by atoms with E-state index in [-0.39, 0.29) is 11.7 Å². The van der Waals surface area contributed by atoms with Gasteiger partial charge in [-0.15, -0.1) is 0 Å². The number of pyridine rings is 1. The molecule has 0 N–H and O–H groups in total. The van der Waals surface area contributed by atoms with Crippen molar-refractivity contribution in [2.75, 3.05) is 0 Å². The minimum atomic E-state index is 0.159. The van der Waals surface area contributed by atoms with E-state index in [1.165, 1.54) is 6.42 Å². The summed E-state index contributed by atoms with van der Waals surface area (Å²) in [6, 6.07) is 3.44. The lowest BCUT2D eigenvalue weighted by Crippen LogP contribution is -2.26. The molecule has 1 heterocycles. The average Bonchev–Trinajstić information content (AvgIpc) is 2.26. The number of Topliss-reactive ketones (excluding diaryl/α,β-unsaturated/α-hetero) is 1. The fourth-order valence-electron chi connectivity index (χ4n) is 2.95. The first-order valence-electron chi connectivity index (χ1n) is 6.22. The van der Waals surface area contributed by atoms with Crippen LogP contribution in [0.5, 0.6) is 0 Å². The van der Waals surface area contributed by atoms with Gasteiger partial charge < -0.3 is 0 Å². The number of carbonyl (C=O) groups excluding carboxylic acids is 1. The maximum atomic E-state index is 12.4. The quantitative estimate of drug-likeness (QED) is 0.588. The van der Waals surface area contributed by atoms with Gasteiger partial charge in [0.15, 0.2) is 5.78 Å². The second-order valence-corrected chi connectivity index (χ2v) is 5.73. The second-order valence-electron chi connectivity index (χ2n) is 5.35. The van der Waals surface area contributed by atoms with E-state index >= 15 is 0 Å². The Morgan fingerprint density at radius 3 is 2.53 bits per heavy atom. The van der Waals surface area contributed by atoms with Crippen LogP contribution in [0, 0.1) is 17.8 Å². The highest BCUT2D eigenvalue weighted by Gasteiger charge is 2.29. The minimum absolute atomic E-state index is 0.159. The number of halogens is 1. The smallest absolute Gasteiger partial charge is 0.166 e. The summed E-state index contributed by atoms with van der Waals surface area (Å²) in [6.07, 6.45) is 4.85. The predicted molar refractivity (Wildman–Crippen MR) is 69.2 cm³/mol. The molecule has 1 aliphatic carbocycles. The maximum Gasteiger partial charge on any atom is 0.166 e. The molecule has 1 aromatic heterocycles. The molecule has 17 heavy (non-hydrogen) atoms. The van der Waals surface area contributed by atoms with Crippen LogP contribution in [0.2, 0.25) is 5.15 Å². The summed E-state index contributed by atoms with van der Waals surface area (Å²) in [6.45, 7) is 4.46. The van der Waals surface area contributed by atoms with Crippen LogP contribution < -0.4 is 0 Å². The highest BCUT2D eigenvalue weighted by Crippen LogP contribution is 2.34. The Hall–Kier alpha value is -0.890. The van der Waals surface area contributed by atoms with Gasteiger partial charge in [-0.05, 0) is 43.2 Å². The van der Waals surface area contributed by atoms with Crippen molar-refractivity contribution in [2.24, 2.45) is 17.8 Å². The van der Waals surface area contributed by atoms with Crippen LogP contribution >= 0.6 is 11.6 Å². The van der Waals surface area contributed by atoms with Gasteiger partial charge in [-0.1, -0.05) is 25.4 Å². The van der Waals surface area contributed by atoms with Crippen LogP contribution in [0.1, 0.15) is 43.5 Å². The van der Waals surface area contributed by atoms with Gasteiger partial charge in [0.1, 0.15) is 5.15 Å². The Kier molecular flexibility index (Phi) is 3.82. The molecule has 1 fully saturated rings. The van der Waals surface area contributed by atoms with E-state index in [0.29, 0.717) is 22.6 Å². The molecule has 2 atom stereocenters. The summed E-state index contributed by atoms with van der Waals surface area (Å²) in [4.78, 5) is 16.3. The van der Waals surface area contributed by atoms with Crippen molar-refractivity contribution in [3.63, 3.8) is 0 Å². The molecular formula is C14H18ClNO. The Labute approximate surface area is 107 Å². The van der Waals surface area contributed by atoms with E-state index in [1.807, 2.05) is 0 Å². The number of nitrogens with zero attached hydrogens (tertiary/aromatic N) is 1. The van der Waals surface area contributed by atoms with E-state index in [1.54, 1.807) is 18.3 Å². The zero-order valence-corrected chi connectivity index (χ0v) is 11.1. The fourth-order valence-corrected chi connectivity index (χ4v) is 3.13. The first kappa shape index (κ1) is 12.6. The molecule has 1 aromatic rings. The van der Waals surface area contributed by atoms with Crippen LogP contribution in [-0.2, 0) is 0 Å². The lowest BCUT2D eigenvalue weighted by atomic mass is 9.74. The summed E-state index contributed by atoms with van der Waals surface area (Å²) in [5.74, 6) is 1.68. The van der Waals surface area contributed by atoms with E-state index < -0.39 is 0 Å². The summed E-state index contributed by atoms with van der Waals surface area (Å²) >= 11 is 5.82. The van der Waals surface area contributed by atoms with Gasteiger partial charge >= 0.3 is 0 Å². The Bertz CT molecular complexity index is 408. The molecule has 0 bridgehead atoms. The minimum Gasteiger partial charge on any atom is -0.294 e. The van der Waals surface area contributed by atoms with E-state index in [0.717, 1.165) is 12.8 Å². The zero-order valence-electron chi connectivity index (χ0n) is 10.3. The normalized spacial score (nSPS) is 29.0. The molecule has 0 radical (unpaired) electrons. The number of rotatable bonds is 2. The molecule has 1 aliphatic rings. The van der Waals surface area contributed by atoms with Crippen LogP contribution in [0.25, 0.3) is 0 Å². The Morgan fingerprint density at radius 2 is 1.94 bits per heavy atom. The summed E-state index contributed by atoms with van der Waals surface area (Å²) < 4.78 is 0. The second kappa shape index (κ2) is 5.18. The molecular weight excluding hydrogens is 234 g/mol. The summed E-state index contributed by atoms with van der Waals surface area (Å²) in [5.41, 5.74) is 0.705. The van der Waals surface area contributed by atoms with Gasteiger partial charge in [0.2, 0.25) is 0 Å². The monoisotopic (exact) mass is 251 g/mol. The first-order valence-corrected chi connectivity index (χ1v) is 6.60. The largest absolute Gasteiger partial charge is 0.294 e. The molecule has 92 valence electrons. The van der Waals surface area contributed by atoms with Crippen molar-refractivity contribution < 1.29 is 4.79 Å². The Morgan fingerprint density at radius 1 is 1.29 bits per heavy atom. The molecule has 2 rings (SSSR count). The van der Waals surface area contributed by atoms with Crippen LogP contribution in [-0.4, -0.2) is 10.8 Å². The third-order valence-electron chi connectivity index (χ3n) is 3.56. The van der Waals surface area contributed by atoms with Gasteiger partial charge in [0.25, 0.3) is 0 Å². The topological polar surface area (TPSA) is 30.0 Å². The van der Waals surface area contributed by atoms with Crippen molar-refractivity contribution in [2.45, 2.75) is 33.1 Å². The fraction of sp³-hybridized carbons (Fsp3) is 0.571. The number of hydrogen-bond donors (Lipinski definition) is 0.